The van der Waals surface area contributed by atoms with E-state index in [0.29, 0.717) is 34.1 Å². The molecule has 26 heteroatoms. The minimum atomic E-state index is -0.610. The van der Waals surface area contributed by atoms with Crippen molar-refractivity contribution in [3.63, 3.8) is 0 Å². The van der Waals surface area contributed by atoms with Crippen LogP contribution in [0.25, 0.3) is 88.7 Å². The molecule has 0 unspecified atom stereocenters. The number of aromatic nitrogens is 12. The Morgan fingerprint density at radius 1 is 0.471 bits per heavy atom. The van der Waals surface area contributed by atoms with Crippen LogP contribution >= 0.6 is 15.9 Å². The van der Waals surface area contributed by atoms with E-state index in [9.17, 15) is 33.6 Å². The Labute approximate surface area is 705 Å². The molecule has 3 aliphatic heterocycles. The number of halogens is 1. The SMILES string of the molecule is C=CC(=C)C(=O)C(=O)c1ccc(CBr)cc1.CCO.Nc1cc2nc[nH]c2cc1N.O=C(C(=O)c1ccc(CN2CCC(n3c(=O)[nH]c4ccccc43)CC2)cc1)c1ccccc1.O=c1[nH]c2ccccc2n1C1CCN(Cc2ccc(-c3[nH]c4cc5ncnc5cc4nc3-c3ccccc3)cc2)CC1.O=c1[nH]c2ccccc2n1C1CCNCC1. The van der Waals surface area contributed by atoms with Crippen LogP contribution in [-0.2, 0) is 23.2 Å². The number of ketones is 4. The lowest BCUT2D eigenvalue weighted by molar-refractivity contribution is -0.111. The van der Waals surface area contributed by atoms with Crippen LogP contribution in [0.3, 0.4) is 0 Å². The summed E-state index contributed by atoms with van der Waals surface area (Å²) in [6, 6.07) is 73.8. The molecule has 0 radical (unpaired) electrons. The van der Waals surface area contributed by atoms with Crippen molar-refractivity contribution < 1.29 is 24.3 Å². The molecule has 19 rings (SSSR count). The van der Waals surface area contributed by atoms with E-state index in [4.69, 9.17) is 21.6 Å². The highest BCUT2D eigenvalue weighted by molar-refractivity contribution is 9.08. The summed E-state index contributed by atoms with van der Waals surface area (Å²) >= 11 is 3.30. The Morgan fingerprint density at radius 2 is 0.901 bits per heavy atom. The van der Waals surface area contributed by atoms with Crippen LogP contribution < -0.4 is 33.9 Å². The van der Waals surface area contributed by atoms with Crippen LogP contribution in [0.2, 0.25) is 0 Å². The van der Waals surface area contributed by atoms with E-state index >= 15 is 0 Å². The average molecular weight is 1680 g/mol. The summed E-state index contributed by atoms with van der Waals surface area (Å²) in [7, 11) is 0. The quantitative estimate of drug-likeness (QED) is 0.0102. The van der Waals surface area contributed by atoms with E-state index in [1.807, 2.05) is 135 Å². The number of piperidine rings is 3. The number of imidazole rings is 5. The van der Waals surface area contributed by atoms with Crippen LogP contribution in [0.5, 0.6) is 0 Å². The smallest absolute Gasteiger partial charge is 0.326 e. The van der Waals surface area contributed by atoms with Crippen LogP contribution in [0, 0.1) is 0 Å². The number of nitrogen functional groups attached to an aromatic ring is 2. The number of hydrogen-bond acceptors (Lipinski definition) is 17. The molecular formula is C95H94BrN17O8. The maximum Gasteiger partial charge on any atom is 0.326 e. The fraction of sp³-hybridized carbons (Fsp3) is 0.211. The number of hydrogen-bond donors (Lipinski definition) is 9. The third kappa shape index (κ3) is 19.9. The highest BCUT2D eigenvalue weighted by Crippen LogP contribution is 2.34. The van der Waals surface area contributed by atoms with Crippen molar-refractivity contribution in [3.8, 4) is 22.5 Å². The number of nitrogens with zero attached hydrogens (tertiary/aromatic N) is 9. The molecule has 3 aliphatic rings. The van der Waals surface area contributed by atoms with Gasteiger partial charge in [-0.3, -0.25) is 42.7 Å². The van der Waals surface area contributed by atoms with Crippen molar-refractivity contribution >= 4 is 117 Å². The van der Waals surface area contributed by atoms with Crippen molar-refractivity contribution in [2.75, 3.05) is 57.3 Å². The molecule has 0 bridgehead atoms. The monoisotopic (exact) mass is 1680 g/mol. The fourth-order valence-electron chi connectivity index (χ4n) is 15.6. The summed E-state index contributed by atoms with van der Waals surface area (Å²) in [5, 5.41) is 11.6. The molecule has 9 heterocycles. The first kappa shape index (κ1) is 83.8. The molecule has 0 amide bonds. The highest BCUT2D eigenvalue weighted by atomic mass is 79.9. The second-order valence-corrected chi connectivity index (χ2v) is 30.4. The molecular weight excluding hydrogens is 1590 g/mol. The Hall–Kier alpha value is -13.6. The van der Waals surface area contributed by atoms with E-state index in [2.05, 4.69) is 120 Å². The molecule has 16 aromatic rings. The number of rotatable bonds is 17. The minimum Gasteiger partial charge on any atom is -0.397 e. The lowest BCUT2D eigenvalue weighted by Gasteiger charge is -2.32. The van der Waals surface area contributed by atoms with Crippen LogP contribution in [0.15, 0.2) is 282 Å². The maximum absolute atomic E-state index is 12.7. The molecule has 0 atom stereocenters. The van der Waals surface area contributed by atoms with Gasteiger partial charge >= 0.3 is 17.1 Å². The highest BCUT2D eigenvalue weighted by Gasteiger charge is 2.28. The third-order valence-corrected chi connectivity index (χ3v) is 22.6. The summed E-state index contributed by atoms with van der Waals surface area (Å²) < 4.78 is 5.77. The number of carbonyl (C=O) groups is 4. The number of aliphatic hydroxyl groups excluding tert-OH is 1. The number of carbonyl (C=O) groups excluding carboxylic acids is 4. The largest absolute Gasteiger partial charge is 0.397 e. The van der Waals surface area contributed by atoms with Crippen molar-refractivity contribution in [3.05, 3.63) is 333 Å². The molecule has 0 spiro atoms. The number of benzene rings is 10. The van der Waals surface area contributed by atoms with Gasteiger partial charge < -0.3 is 46.8 Å². The number of nitrogens with two attached hydrogens (primary N) is 2. The number of nitrogens with one attached hydrogen (secondary N) is 6. The lowest BCUT2D eigenvalue weighted by Crippen LogP contribution is -2.36. The first-order chi connectivity index (χ1) is 58.9. The second-order valence-electron chi connectivity index (χ2n) is 29.9. The fourth-order valence-corrected chi connectivity index (χ4v) is 16.0. The Kier molecular flexibility index (Phi) is 27.2. The van der Waals surface area contributed by atoms with Gasteiger partial charge in [-0.15, -0.1) is 0 Å². The van der Waals surface area contributed by atoms with Gasteiger partial charge in [0.25, 0.3) is 0 Å². The molecule has 121 heavy (non-hydrogen) atoms. The summed E-state index contributed by atoms with van der Waals surface area (Å²) in [4.78, 5) is 123. The van der Waals surface area contributed by atoms with Gasteiger partial charge in [0.05, 0.1) is 95.3 Å². The molecule has 3 fully saturated rings. The minimum absolute atomic E-state index is 0.00721. The normalized spacial score (nSPS) is 14.0. The van der Waals surface area contributed by atoms with Crippen molar-refractivity contribution in [2.45, 2.75) is 82.0 Å². The molecule has 25 nitrogen and oxygen atoms in total. The van der Waals surface area contributed by atoms with Gasteiger partial charge in [-0.25, -0.2) is 34.3 Å². The first-order valence-corrected chi connectivity index (χ1v) is 41.5. The Morgan fingerprint density at radius 3 is 1.40 bits per heavy atom. The summed E-state index contributed by atoms with van der Waals surface area (Å²) in [5.74, 6) is -2.14. The number of anilines is 2. The standard InChI is InChI=1S/C34H29N7O.C27H25N3O3.C13H11BrO2.C12H15N3O.C7H8N4.C2H6O/c42-34-39-26-8-4-5-9-31(26)41(34)25-14-16-40(17-15-25)20-22-10-12-24(13-11-22)33-32(23-6-2-1-3-7-23)37-29-18-27-28(36-21-35-27)19-30(29)38-33;31-25(20-6-2-1-3-7-20)26(32)21-12-10-19(11-13-21)18-29-16-14-22(15-17-29)30-24-9-5-4-8-23(24)28-27(30)33;1-3-9(2)12(15)13(16)11-6-4-10(8-14)5-7-11;16-12-14-10-3-1-2-4-11(10)15(12)9-5-7-13-8-6-9;8-4-1-6-7(2-5(4)9)11-3-10-6;1-2-3/h1-13,18-19,21,25,38H,14-17,20H2,(H,39,42);1-13,22H,14-18H2,(H,28,33);3-7H,1-2,8H2;1-4,9,13H,5-8H2,(H,14,16);1-3H,8-9H2,(H,10,11);3H,2H2,1H3. The van der Waals surface area contributed by atoms with E-state index in [1.165, 1.54) is 11.6 Å². The zero-order chi connectivity index (χ0) is 84.5. The zero-order valence-electron chi connectivity index (χ0n) is 67.0. The summed E-state index contributed by atoms with van der Waals surface area (Å²) in [6.45, 7) is 16.1. The molecule has 10 aromatic carbocycles. The van der Waals surface area contributed by atoms with Gasteiger partial charge in [0.2, 0.25) is 23.1 Å². The van der Waals surface area contributed by atoms with Crippen LogP contribution in [-0.4, -0.2) is 142 Å². The number of allylic oxidation sites excluding steroid dienone is 2. The molecule has 0 aliphatic carbocycles. The number of para-hydroxylation sites is 6. The first-order valence-electron chi connectivity index (χ1n) is 40.3. The van der Waals surface area contributed by atoms with Gasteiger partial charge in [-0.05, 0) is 136 Å². The molecule has 614 valence electrons. The van der Waals surface area contributed by atoms with Crippen molar-refractivity contribution in [1.82, 2.24) is 73.7 Å². The van der Waals surface area contributed by atoms with Gasteiger partial charge in [0, 0.05) is 103 Å². The predicted molar refractivity (Wildman–Crippen MR) is 483 cm³/mol. The van der Waals surface area contributed by atoms with Gasteiger partial charge in [-0.1, -0.05) is 205 Å². The van der Waals surface area contributed by atoms with Crippen LogP contribution in [0.1, 0.15) is 111 Å². The van der Waals surface area contributed by atoms with Gasteiger partial charge in [0.15, 0.2) is 0 Å². The van der Waals surface area contributed by atoms with Crippen molar-refractivity contribution in [2.24, 2.45) is 0 Å². The van der Waals surface area contributed by atoms with Crippen molar-refractivity contribution in [1.29, 1.82) is 0 Å². The van der Waals surface area contributed by atoms with Crippen LogP contribution in [0.4, 0.5) is 11.4 Å². The number of alkyl halides is 1. The van der Waals surface area contributed by atoms with Gasteiger partial charge in [-0.2, -0.15) is 0 Å². The number of aromatic amines is 5. The molecule has 11 N–H and O–H groups in total. The number of Topliss-reactive ketones (excluding diaryl/α,β-unsaturated/α-hetero) is 4. The topological polar surface area (TPSA) is 356 Å². The molecule has 0 saturated carbocycles. The molecule has 3 saturated heterocycles. The van der Waals surface area contributed by atoms with E-state index in [-0.39, 0.29) is 41.3 Å². The van der Waals surface area contributed by atoms with Gasteiger partial charge in [0.1, 0.15) is 6.33 Å². The van der Waals surface area contributed by atoms with E-state index in [1.54, 1.807) is 92.4 Å². The summed E-state index contributed by atoms with van der Waals surface area (Å²) in [6.07, 6.45) is 10.3. The lowest BCUT2D eigenvalue weighted by atomic mass is 10.00. The number of H-pyrrole nitrogens is 5. The zero-order valence-corrected chi connectivity index (χ0v) is 68.6. The molecule has 6 aromatic heterocycles. The Bertz CT molecular complexity index is 6490. The third-order valence-electron chi connectivity index (χ3n) is 21.9. The number of likely N-dealkylation sites (tertiary alicyclic amines) is 2. The average Bonchev–Trinajstić information content (AvgIpc) is 1.40. The summed E-state index contributed by atoms with van der Waals surface area (Å²) in [5.41, 5.74) is 32.0. The Balaban J connectivity index is 0.000000133. The maximum atomic E-state index is 12.7. The van der Waals surface area contributed by atoms with E-state index in [0.717, 1.165) is 196 Å². The second kappa shape index (κ2) is 39.3. The number of aliphatic hydroxyl groups is 1. The number of fused-ring (bicyclic) bond motifs is 6. The predicted octanol–water partition coefficient (Wildman–Crippen LogP) is 15.6. The van der Waals surface area contributed by atoms with E-state index < -0.39 is 23.1 Å².